The molecule has 0 aromatic heterocycles. The van der Waals surface area contributed by atoms with Crippen molar-refractivity contribution in [3.05, 3.63) is 0 Å². The van der Waals surface area contributed by atoms with Crippen molar-refractivity contribution in [3.8, 4) is 0 Å². The van der Waals surface area contributed by atoms with Crippen LogP contribution in [-0.2, 0) is 66.4 Å². The van der Waals surface area contributed by atoms with E-state index in [1.165, 1.54) is 38.5 Å². The summed E-state index contributed by atoms with van der Waals surface area (Å²) in [4.78, 5) is 10.9. The van der Waals surface area contributed by atoms with E-state index in [0.29, 0.717) is 6.42 Å². The van der Waals surface area contributed by atoms with Gasteiger partial charge in [-0.3, -0.25) is 4.79 Å². The first-order valence-electron chi connectivity index (χ1n) is 24.5. The average Bonchev–Trinajstić information content (AvgIpc) is 3.32. The molecule has 4 aliphatic rings. The van der Waals surface area contributed by atoms with Gasteiger partial charge in [0.05, 0.1) is 191 Å². The Hall–Kier alpha value is -1.37. The van der Waals surface area contributed by atoms with Crippen molar-refractivity contribution in [3.63, 3.8) is 0 Å². The first-order valence-corrected chi connectivity index (χ1v) is 24.5. The second kappa shape index (κ2) is 42.0. The van der Waals surface area contributed by atoms with Crippen molar-refractivity contribution in [2.75, 3.05) is 185 Å². The maximum absolute atomic E-state index is 10.9. The van der Waals surface area contributed by atoms with E-state index in [0.717, 1.165) is 17.8 Å². The zero-order valence-electron chi connectivity index (χ0n) is 40.7. The molecule has 6 unspecified atom stereocenters. The summed E-state index contributed by atoms with van der Waals surface area (Å²) in [7, 11) is 0. The first-order chi connectivity index (χ1) is 33.7. The van der Waals surface area contributed by atoms with Crippen molar-refractivity contribution < 1.29 is 112 Å². The van der Waals surface area contributed by atoms with Crippen molar-refractivity contribution in [1.82, 2.24) is 0 Å². The third-order valence-electron chi connectivity index (χ3n) is 11.5. The molecule has 0 aromatic carbocycles. The van der Waals surface area contributed by atoms with Gasteiger partial charge in [-0.15, -0.1) is 0 Å². The zero-order valence-corrected chi connectivity index (χ0v) is 40.7. The van der Waals surface area contributed by atoms with Gasteiger partial charge < -0.3 is 108 Å². The molecule has 0 amide bonds. The lowest BCUT2D eigenvalue weighted by Crippen LogP contribution is -2.46. The molecular weight excluding hydrogens is 920 g/mol. The van der Waals surface area contributed by atoms with E-state index in [9.17, 15) is 25.2 Å². The fourth-order valence-corrected chi connectivity index (χ4v) is 9.22. The normalized spacial score (nSPS) is 22.2. The Kier molecular flexibility index (Phi) is 38.8. The number of carbonyl (C=O) groups is 1. The third-order valence-corrected chi connectivity index (χ3v) is 11.5. The molecule has 0 spiro atoms. The van der Waals surface area contributed by atoms with E-state index < -0.39 is 42.6 Å². The molecular formula is C46H88O23. The highest BCUT2D eigenvalue weighted by Gasteiger charge is 2.51. The number of carboxylic acids is 1. The molecule has 4 aliphatic carbocycles. The van der Waals surface area contributed by atoms with Crippen LogP contribution >= 0.6 is 0 Å². The molecule has 4 rings (SSSR count). The number of hydrogen-bond acceptors (Lipinski definition) is 22. The van der Waals surface area contributed by atoms with Crippen LogP contribution < -0.4 is 0 Å². The molecule has 69 heavy (non-hydrogen) atoms. The Morgan fingerprint density at radius 1 is 0.348 bits per heavy atom. The van der Waals surface area contributed by atoms with E-state index in [1.807, 2.05) is 0 Å². The summed E-state index contributed by atoms with van der Waals surface area (Å²) < 4.78 is 73.3. The lowest BCUT2D eigenvalue weighted by molar-refractivity contribution is -0.145. The van der Waals surface area contributed by atoms with Gasteiger partial charge in [0.1, 0.15) is 36.6 Å². The second-order valence-electron chi connectivity index (χ2n) is 17.6. The monoisotopic (exact) mass is 1010 g/mol. The van der Waals surface area contributed by atoms with Crippen LogP contribution in [0.5, 0.6) is 0 Å². The van der Waals surface area contributed by atoms with Crippen LogP contribution in [0, 0.1) is 23.2 Å². The summed E-state index contributed by atoms with van der Waals surface area (Å²) in [5.41, 5.74) is 0.223. The summed E-state index contributed by atoms with van der Waals surface area (Å²) in [6.45, 7) is 0.323. The number of hydrogen-bond donors (Lipinski definition) is 9. The molecule has 23 heteroatoms. The summed E-state index contributed by atoms with van der Waals surface area (Å²) in [6.07, 6.45) is 5.04. The van der Waals surface area contributed by atoms with Gasteiger partial charge in [-0.05, 0) is 61.7 Å². The Morgan fingerprint density at radius 3 is 0.739 bits per heavy atom. The largest absolute Gasteiger partial charge is 0.481 e. The van der Waals surface area contributed by atoms with Crippen LogP contribution in [0.2, 0.25) is 0 Å². The Morgan fingerprint density at radius 2 is 0.551 bits per heavy atom. The van der Waals surface area contributed by atoms with Gasteiger partial charge in [0.25, 0.3) is 0 Å². The quantitative estimate of drug-likeness (QED) is 0.0299. The summed E-state index contributed by atoms with van der Waals surface area (Å²) >= 11 is 0. The van der Waals surface area contributed by atoms with Crippen molar-refractivity contribution in [1.29, 1.82) is 0 Å². The van der Waals surface area contributed by atoms with Gasteiger partial charge in [-0.1, -0.05) is 0 Å². The highest BCUT2D eigenvalue weighted by atomic mass is 16.6. The van der Waals surface area contributed by atoms with Crippen LogP contribution in [0.3, 0.4) is 0 Å². The molecule has 0 heterocycles. The Bertz CT molecular complexity index is 1080. The van der Waals surface area contributed by atoms with Gasteiger partial charge in [0, 0.05) is 0 Å². The summed E-state index contributed by atoms with van der Waals surface area (Å²) in [6, 6.07) is 0. The number of aliphatic hydroxyl groups is 8. The second-order valence-corrected chi connectivity index (χ2v) is 17.6. The molecule has 0 aromatic rings. The van der Waals surface area contributed by atoms with Crippen LogP contribution in [0.15, 0.2) is 0 Å². The maximum Gasteiger partial charge on any atom is 0.303 e. The molecule has 9 N–H and O–H groups in total. The molecule has 0 aliphatic heterocycles. The number of carboxylic acid groups (broad SMARTS) is 1. The predicted molar refractivity (Wildman–Crippen MR) is 244 cm³/mol. The topological polar surface area (TPSA) is 319 Å². The molecule has 4 saturated carbocycles. The minimum atomic E-state index is -0.585. The van der Waals surface area contributed by atoms with Crippen molar-refractivity contribution in [2.45, 2.75) is 81.6 Å². The van der Waals surface area contributed by atoms with E-state index in [-0.39, 0.29) is 190 Å². The fourth-order valence-electron chi connectivity index (χ4n) is 9.22. The number of rotatable bonds is 48. The lowest BCUT2D eigenvalue weighted by Gasteiger charge is -2.56. The molecule has 23 nitrogen and oxygen atoms in total. The average molecular weight is 1010 g/mol. The van der Waals surface area contributed by atoms with Crippen LogP contribution in [0.1, 0.15) is 44.9 Å². The standard InChI is InChI=1S/C34H70O21.C12H18O2/c35-1-9-43-17-29(50-11-3-37)19-45-21-31(52-13-5-39)23-47-25-33(54-15-7-41)27-49-28-34(55-16-8-42)26-48-24-32(53-14-6-40)22-46-20-30(51-12-4-38)18-44-10-2-36;13-11(14)7-12-4-8-1-9(5-12)3-10(2-8)6-12/h29-42H,1-28H2;8-10H,1-7H2,(H,13,14). The smallest absolute Gasteiger partial charge is 0.303 e. The van der Waals surface area contributed by atoms with Gasteiger partial charge in [-0.25, -0.2) is 0 Å². The predicted octanol–water partition coefficient (Wildman–Crippen LogP) is -1.97. The van der Waals surface area contributed by atoms with E-state index in [2.05, 4.69) is 0 Å². The molecule has 6 atom stereocenters. The lowest BCUT2D eigenvalue weighted by atomic mass is 9.49. The molecule has 4 bridgehead atoms. The minimum absolute atomic E-state index is 0.0351. The minimum Gasteiger partial charge on any atom is -0.481 e. The van der Waals surface area contributed by atoms with Crippen molar-refractivity contribution >= 4 is 5.97 Å². The third kappa shape index (κ3) is 31.1. The maximum atomic E-state index is 10.9. The first kappa shape index (κ1) is 63.7. The van der Waals surface area contributed by atoms with E-state index >= 15 is 0 Å². The summed E-state index contributed by atoms with van der Waals surface area (Å²) in [5, 5.41) is 82.1. The summed E-state index contributed by atoms with van der Waals surface area (Å²) in [5.74, 6) is 2.05. The van der Waals surface area contributed by atoms with Crippen LogP contribution in [0.4, 0.5) is 0 Å². The fraction of sp³-hybridized carbons (Fsp3) is 0.978. The van der Waals surface area contributed by atoms with E-state index in [4.69, 9.17) is 87.1 Å². The molecule has 410 valence electrons. The van der Waals surface area contributed by atoms with Crippen LogP contribution in [0.25, 0.3) is 0 Å². The van der Waals surface area contributed by atoms with E-state index in [1.54, 1.807) is 0 Å². The number of aliphatic carboxylic acids is 1. The van der Waals surface area contributed by atoms with Crippen LogP contribution in [-0.4, -0.2) is 274 Å². The SMILES string of the molecule is O=C(O)CC12CC3CC(CC(C3)C1)C2.OCCOCC(COCC(COCC(COCC(COCC(COCC(COCCO)OCCO)OCCO)OCCO)OCCO)OCCO)OCCO. The van der Waals surface area contributed by atoms with Gasteiger partial charge in [0.15, 0.2) is 0 Å². The van der Waals surface area contributed by atoms with Gasteiger partial charge in [-0.2, -0.15) is 0 Å². The number of aliphatic hydroxyl groups excluding tert-OH is 8. The van der Waals surface area contributed by atoms with Gasteiger partial charge in [0.2, 0.25) is 0 Å². The molecule has 0 radical (unpaired) electrons. The number of ether oxygens (including phenoxy) is 13. The Balaban J connectivity index is 0.000000968. The molecule has 0 saturated heterocycles. The Labute approximate surface area is 407 Å². The highest BCUT2D eigenvalue weighted by Crippen LogP contribution is 2.61. The van der Waals surface area contributed by atoms with Gasteiger partial charge >= 0.3 is 5.97 Å². The zero-order chi connectivity index (χ0) is 50.2. The molecule has 4 fully saturated rings. The highest BCUT2D eigenvalue weighted by molar-refractivity contribution is 5.67. The van der Waals surface area contributed by atoms with Crippen molar-refractivity contribution in [2.24, 2.45) is 23.2 Å².